The molecule has 0 aromatic heterocycles. The number of amides is 1. The van der Waals surface area contributed by atoms with E-state index < -0.39 is 0 Å². The summed E-state index contributed by atoms with van der Waals surface area (Å²) in [6.07, 6.45) is 1.23. The molecule has 2 rings (SSSR count). The van der Waals surface area contributed by atoms with Gasteiger partial charge in [-0.1, -0.05) is 35.8 Å². The summed E-state index contributed by atoms with van der Waals surface area (Å²) in [5, 5.41) is 0.846. The molecule has 0 saturated carbocycles. The Kier molecular flexibility index (Phi) is 4.61. The zero-order chi connectivity index (χ0) is 14.0. The standard InChI is InChI=1S/C15H19BrFNO/c1-10(2)12(8-16)9-18-14-7-13(17)5-3-11(14)4-6-15(18)19/h3,5,7,10,12H,4,6,8-9H2,1-2H3. The molecule has 1 atom stereocenters. The van der Waals surface area contributed by atoms with E-state index in [9.17, 15) is 9.18 Å². The molecule has 1 aromatic rings. The van der Waals surface area contributed by atoms with Crippen LogP contribution in [0.25, 0.3) is 0 Å². The molecule has 1 heterocycles. The predicted octanol–water partition coefficient (Wildman–Crippen LogP) is 3.77. The van der Waals surface area contributed by atoms with Gasteiger partial charge in [-0.15, -0.1) is 0 Å². The summed E-state index contributed by atoms with van der Waals surface area (Å²) in [5.74, 6) is 0.673. The number of halogens is 2. The molecule has 1 unspecified atom stereocenters. The molecule has 0 aliphatic carbocycles. The second kappa shape index (κ2) is 6.04. The quantitative estimate of drug-likeness (QED) is 0.771. The number of hydrogen-bond donors (Lipinski definition) is 0. The Morgan fingerprint density at radius 2 is 2.11 bits per heavy atom. The van der Waals surface area contributed by atoms with Gasteiger partial charge in [-0.05, 0) is 36.0 Å². The van der Waals surface area contributed by atoms with E-state index in [1.165, 1.54) is 12.1 Å². The highest BCUT2D eigenvalue weighted by molar-refractivity contribution is 9.09. The summed E-state index contributed by atoms with van der Waals surface area (Å²) < 4.78 is 13.4. The number of alkyl halides is 1. The fourth-order valence-electron chi connectivity index (χ4n) is 2.38. The molecule has 1 aliphatic heterocycles. The number of carbonyl (C=O) groups excluding carboxylic acids is 1. The third kappa shape index (κ3) is 3.16. The second-order valence-corrected chi connectivity index (χ2v) is 6.08. The Labute approximate surface area is 122 Å². The summed E-state index contributed by atoms with van der Waals surface area (Å²) in [6, 6.07) is 4.75. The maximum absolute atomic E-state index is 13.4. The summed E-state index contributed by atoms with van der Waals surface area (Å²) in [5.41, 5.74) is 1.82. The lowest BCUT2D eigenvalue weighted by Gasteiger charge is -2.33. The van der Waals surface area contributed by atoms with Gasteiger partial charge < -0.3 is 4.90 Å². The number of rotatable bonds is 4. The normalized spacial score (nSPS) is 16.7. The molecule has 0 bridgehead atoms. The van der Waals surface area contributed by atoms with Crippen LogP contribution in [-0.2, 0) is 11.2 Å². The lowest BCUT2D eigenvalue weighted by Crippen LogP contribution is -2.40. The number of anilines is 1. The zero-order valence-corrected chi connectivity index (χ0v) is 12.9. The van der Waals surface area contributed by atoms with Gasteiger partial charge in [0.2, 0.25) is 5.91 Å². The van der Waals surface area contributed by atoms with E-state index in [0.717, 1.165) is 16.6 Å². The van der Waals surface area contributed by atoms with Gasteiger partial charge in [-0.25, -0.2) is 4.39 Å². The van der Waals surface area contributed by atoms with E-state index in [-0.39, 0.29) is 11.7 Å². The molecule has 1 aliphatic rings. The third-order valence-electron chi connectivity index (χ3n) is 3.81. The largest absolute Gasteiger partial charge is 0.312 e. The van der Waals surface area contributed by atoms with Gasteiger partial charge in [0, 0.05) is 24.0 Å². The van der Waals surface area contributed by atoms with Crippen molar-refractivity contribution in [3.63, 3.8) is 0 Å². The smallest absolute Gasteiger partial charge is 0.227 e. The average molecular weight is 328 g/mol. The molecule has 104 valence electrons. The molecule has 1 aromatic carbocycles. The molecule has 0 fully saturated rings. The van der Waals surface area contributed by atoms with Crippen molar-refractivity contribution >= 4 is 27.5 Å². The first kappa shape index (κ1) is 14.5. The van der Waals surface area contributed by atoms with Gasteiger partial charge in [-0.2, -0.15) is 0 Å². The number of carbonyl (C=O) groups is 1. The summed E-state index contributed by atoms with van der Waals surface area (Å²) >= 11 is 3.51. The van der Waals surface area contributed by atoms with Crippen molar-refractivity contribution in [2.24, 2.45) is 11.8 Å². The van der Waals surface area contributed by atoms with E-state index >= 15 is 0 Å². The van der Waals surface area contributed by atoms with Crippen molar-refractivity contribution in [2.75, 3.05) is 16.8 Å². The maximum atomic E-state index is 13.4. The molecule has 1 amide bonds. The zero-order valence-electron chi connectivity index (χ0n) is 11.3. The van der Waals surface area contributed by atoms with Crippen molar-refractivity contribution in [3.05, 3.63) is 29.6 Å². The monoisotopic (exact) mass is 327 g/mol. The Bertz CT molecular complexity index is 475. The molecule has 0 radical (unpaired) electrons. The van der Waals surface area contributed by atoms with Crippen LogP contribution in [0.2, 0.25) is 0 Å². The maximum Gasteiger partial charge on any atom is 0.227 e. The Morgan fingerprint density at radius 1 is 1.37 bits per heavy atom. The van der Waals surface area contributed by atoms with Gasteiger partial charge >= 0.3 is 0 Å². The van der Waals surface area contributed by atoms with Crippen LogP contribution in [0, 0.1) is 17.7 Å². The van der Waals surface area contributed by atoms with Crippen LogP contribution in [0.15, 0.2) is 18.2 Å². The lowest BCUT2D eigenvalue weighted by atomic mass is 9.94. The van der Waals surface area contributed by atoms with Crippen molar-refractivity contribution in [2.45, 2.75) is 26.7 Å². The van der Waals surface area contributed by atoms with Crippen molar-refractivity contribution in [1.29, 1.82) is 0 Å². The third-order valence-corrected chi connectivity index (χ3v) is 4.64. The van der Waals surface area contributed by atoms with Crippen LogP contribution < -0.4 is 4.90 Å². The van der Waals surface area contributed by atoms with E-state index in [1.807, 2.05) is 0 Å². The Balaban J connectivity index is 2.29. The molecule has 0 spiro atoms. The molecular weight excluding hydrogens is 309 g/mol. The predicted molar refractivity (Wildman–Crippen MR) is 79.2 cm³/mol. The van der Waals surface area contributed by atoms with Crippen molar-refractivity contribution in [1.82, 2.24) is 0 Å². The fraction of sp³-hybridized carbons (Fsp3) is 0.533. The molecular formula is C15H19BrFNO. The number of nitrogens with zero attached hydrogens (tertiary/aromatic N) is 1. The molecule has 4 heteroatoms. The van der Waals surface area contributed by atoms with Gasteiger partial charge in [-0.3, -0.25) is 4.79 Å². The molecule has 0 N–H and O–H groups in total. The summed E-state index contributed by atoms with van der Waals surface area (Å²) in [7, 11) is 0. The Morgan fingerprint density at radius 3 is 2.74 bits per heavy atom. The number of aryl methyl sites for hydroxylation is 1. The highest BCUT2D eigenvalue weighted by Gasteiger charge is 2.27. The first-order chi connectivity index (χ1) is 9.02. The van der Waals surface area contributed by atoms with Crippen molar-refractivity contribution < 1.29 is 9.18 Å². The van der Waals surface area contributed by atoms with E-state index in [1.54, 1.807) is 11.0 Å². The Hall–Kier alpha value is -0.900. The lowest BCUT2D eigenvalue weighted by molar-refractivity contribution is -0.119. The number of hydrogen-bond acceptors (Lipinski definition) is 1. The van der Waals surface area contributed by atoms with Crippen LogP contribution in [0.1, 0.15) is 25.8 Å². The minimum absolute atomic E-state index is 0.102. The highest BCUT2D eigenvalue weighted by Crippen LogP contribution is 2.30. The van der Waals surface area contributed by atoms with Crippen LogP contribution in [0.3, 0.4) is 0 Å². The number of fused-ring (bicyclic) bond motifs is 1. The van der Waals surface area contributed by atoms with Gasteiger partial charge in [0.1, 0.15) is 5.82 Å². The minimum Gasteiger partial charge on any atom is -0.312 e. The minimum atomic E-state index is -0.279. The topological polar surface area (TPSA) is 20.3 Å². The van der Waals surface area contributed by atoms with E-state index in [0.29, 0.717) is 31.2 Å². The van der Waals surface area contributed by atoms with E-state index in [4.69, 9.17) is 0 Å². The highest BCUT2D eigenvalue weighted by atomic mass is 79.9. The first-order valence-electron chi connectivity index (χ1n) is 6.67. The second-order valence-electron chi connectivity index (χ2n) is 5.44. The molecule has 0 saturated heterocycles. The van der Waals surface area contributed by atoms with Gasteiger partial charge in [0.15, 0.2) is 0 Å². The van der Waals surface area contributed by atoms with Crippen LogP contribution >= 0.6 is 15.9 Å². The van der Waals surface area contributed by atoms with Gasteiger partial charge in [0.25, 0.3) is 0 Å². The SMILES string of the molecule is CC(C)C(CBr)CN1C(=O)CCc2ccc(F)cc21. The summed E-state index contributed by atoms with van der Waals surface area (Å²) in [6.45, 7) is 4.94. The van der Waals surface area contributed by atoms with Crippen LogP contribution in [-0.4, -0.2) is 17.8 Å². The van der Waals surface area contributed by atoms with E-state index in [2.05, 4.69) is 29.8 Å². The summed E-state index contributed by atoms with van der Waals surface area (Å²) in [4.78, 5) is 13.9. The average Bonchev–Trinajstić information content (AvgIpc) is 2.37. The molecule has 19 heavy (non-hydrogen) atoms. The first-order valence-corrected chi connectivity index (χ1v) is 7.79. The van der Waals surface area contributed by atoms with Crippen molar-refractivity contribution in [3.8, 4) is 0 Å². The van der Waals surface area contributed by atoms with Crippen LogP contribution in [0.5, 0.6) is 0 Å². The van der Waals surface area contributed by atoms with Crippen LogP contribution in [0.4, 0.5) is 10.1 Å². The fourth-order valence-corrected chi connectivity index (χ4v) is 3.34. The van der Waals surface area contributed by atoms with Gasteiger partial charge in [0.05, 0.1) is 0 Å². The number of benzene rings is 1. The molecule has 2 nitrogen and oxygen atoms in total.